The highest BCUT2D eigenvalue weighted by Gasteiger charge is 2.39. The predicted molar refractivity (Wildman–Crippen MR) is 112 cm³/mol. The number of hydrogen-bond donors (Lipinski definition) is 0. The van der Waals surface area contributed by atoms with E-state index < -0.39 is 15.3 Å². The van der Waals surface area contributed by atoms with Crippen molar-refractivity contribution in [2.75, 3.05) is 32.1 Å². The molecule has 1 saturated heterocycles. The van der Waals surface area contributed by atoms with Crippen molar-refractivity contribution in [3.05, 3.63) is 48.0 Å². The average Bonchev–Trinajstić information content (AvgIpc) is 2.99. The van der Waals surface area contributed by atoms with Gasteiger partial charge in [-0.05, 0) is 30.2 Å². The van der Waals surface area contributed by atoms with Crippen LogP contribution in [0.2, 0.25) is 0 Å². The molecule has 9 heteroatoms. The van der Waals surface area contributed by atoms with Gasteiger partial charge in [0.15, 0.2) is 0 Å². The number of hydrogen-bond acceptors (Lipinski definition) is 5. The molecule has 0 atom stereocenters. The zero-order valence-electron chi connectivity index (χ0n) is 16.9. The highest BCUT2D eigenvalue weighted by atomic mass is 32.2. The predicted octanol–water partition coefficient (Wildman–Crippen LogP) is 2.76. The van der Waals surface area contributed by atoms with Gasteiger partial charge in [-0.2, -0.15) is 5.10 Å². The van der Waals surface area contributed by atoms with E-state index in [0.717, 1.165) is 22.3 Å². The minimum atomic E-state index is -3.26. The number of benzene rings is 1. The Morgan fingerprint density at radius 1 is 1.17 bits per heavy atom. The van der Waals surface area contributed by atoms with Crippen LogP contribution in [-0.4, -0.2) is 59.9 Å². The van der Waals surface area contributed by atoms with Gasteiger partial charge in [-0.1, -0.05) is 13.8 Å². The molecule has 1 fully saturated rings. The van der Waals surface area contributed by atoms with E-state index in [4.69, 9.17) is 5.10 Å². The van der Waals surface area contributed by atoms with Gasteiger partial charge in [-0.15, -0.1) is 0 Å². The van der Waals surface area contributed by atoms with Crippen LogP contribution < -0.4 is 4.90 Å². The van der Waals surface area contributed by atoms with Crippen molar-refractivity contribution in [2.45, 2.75) is 25.0 Å². The van der Waals surface area contributed by atoms with E-state index >= 15 is 0 Å². The molecule has 154 valence electrons. The Labute approximate surface area is 169 Å². The van der Waals surface area contributed by atoms with Crippen LogP contribution in [0.5, 0.6) is 0 Å². The molecule has 3 aromatic rings. The van der Waals surface area contributed by atoms with E-state index in [2.05, 4.69) is 18.8 Å². The van der Waals surface area contributed by atoms with Gasteiger partial charge in [0.2, 0.25) is 10.0 Å². The number of anilines is 1. The fourth-order valence-electron chi connectivity index (χ4n) is 3.61. The summed E-state index contributed by atoms with van der Waals surface area (Å²) in [5.74, 6) is 0.610. The molecule has 2 aromatic heterocycles. The molecule has 0 unspecified atom stereocenters. The highest BCUT2D eigenvalue weighted by molar-refractivity contribution is 7.89. The third kappa shape index (κ3) is 3.38. The number of halogens is 1. The molecule has 1 aromatic carbocycles. The first-order chi connectivity index (χ1) is 13.7. The van der Waals surface area contributed by atoms with Crippen molar-refractivity contribution in [1.82, 2.24) is 19.1 Å². The van der Waals surface area contributed by atoms with Crippen molar-refractivity contribution in [1.29, 1.82) is 0 Å². The normalized spacial score (nSPS) is 15.5. The zero-order chi connectivity index (χ0) is 20.9. The standard InChI is InChI=1S/C20H24FN5O2S/c1-13(2)20-17-10-22-19(25-11-16(12-25)29(27,28)24(3)4)9-18(17)23-26(20)15-7-5-14(21)6-8-15/h5-10,13,16H,11-12H2,1-4H3. The van der Waals surface area contributed by atoms with Gasteiger partial charge in [0.05, 0.1) is 16.9 Å². The molecular formula is C20H24FN5O2S. The lowest BCUT2D eigenvalue weighted by Crippen LogP contribution is -2.57. The maximum atomic E-state index is 13.3. The van der Waals surface area contributed by atoms with E-state index in [9.17, 15) is 12.8 Å². The minimum absolute atomic E-state index is 0.191. The maximum Gasteiger partial charge on any atom is 0.219 e. The number of sulfonamides is 1. The molecule has 4 rings (SSSR count). The van der Waals surface area contributed by atoms with Crippen molar-refractivity contribution in [3.8, 4) is 5.69 Å². The first-order valence-corrected chi connectivity index (χ1v) is 11.0. The average molecular weight is 418 g/mol. The van der Waals surface area contributed by atoms with E-state index in [-0.39, 0.29) is 11.7 Å². The smallest absolute Gasteiger partial charge is 0.219 e. The van der Waals surface area contributed by atoms with Crippen molar-refractivity contribution in [2.24, 2.45) is 0 Å². The summed E-state index contributed by atoms with van der Waals surface area (Å²) in [4.78, 5) is 6.50. The monoisotopic (exact) mass is 417 g/mol. The second-order valence-corrected chi connectivity index (χ2v) is 10.3. The van der Waals surface area contributed by atoms with Crippen molar-refractivity contribution >= 4 is 26.7 Å². The number of nitrogens with zero attached hydrogens (tertiary/aromatic N) is 5. The molecule has 0 saturated carbocycles. The van der Waals surface area contributed by atoms with Crippen molar-refractivity contribution < 1.29 is 12.8 Å². The van der Waals surface area contributed by atoms with Gasteiger partial charge in [0.25, 0.3) is 0 Å². The van der Waals surface area contributed by atoms with Crippen LogP contribution in [0, 0.1) is 5.82 Å². The third-order valence-corrected chi connectivity index (χ3v) is 7.46. The summed E-state index contributed by atoms with van der Waals surface area (Å²) in [6.45, 7) is 4.98. The Morgan fingerprint density at radius 3 is 2.41 bits per heavy atom. The topological polar surface area (TPSA) is 71.3 Å². The number of rotatable bonds is 5. The van der Waals surface area contributed by atoms with Crippen LogP contribution in [-0.2, 0) is 10.0 Å². The first kappa shape index (κ1) is 19.8. The molecule has 1 aliphatic rings. The largest absolute Gasteiger partial charge is 0.354 e. The summed E-state index contributed by atoms with van der Waals surface area (Å²) in [5.41, 5.74) is 2.57. The molecule has 0 bridgehead atoms. The van der Waals surface area contributed by atoms with Crippen LogP contribution in [0.25, 0.3) is 16.6 Å². The van der Waals surface area contributed by atoms with Crippen LogP contribution in [0.3, 0.4) is 0 Å². The lowest BCUT2D eigenvalue weighted by atomic mass is 10.1. The Balaban J connectivity index is 1.68. The highest BCUT2D eigenvalue weighted by Crippen LogP contribution is 2.31. The van der Waals surface area contributed by atoms with Crippen LogP contribution >= 0.6 is 0 Å². The number of pyridine rings is 1. The second kappa shape index (κ2) is 7.07. The van der Waals surface area contributed by atoms with Gasteiger partial charge < -0.3 is 4.90 Å². The molecule has 1 aliphatic heterocycles. The fourth-order valence-corrected chi connectivity index (χ4v) is 4.94. The van der Waals surface area contributed by atoms with Gasteiger partial charge in [-0.25, -0.2) is 26.8 Å². The summed E-state index contributed by atoms with van der Waals surface area (Å²) in [6.07, 6.45) is 1.79. The Kier molecular flexibility index (Phi) is 4.82. The summed E-state index contributed by atoms with van der Waals surface area (Å²) >= 11 is 0. The van der Waals surface area contributed by atoms with Crippen LogP contribution in [0.1, 0.15) is 25.5 Å². The molecule has 0 spiro atoms. The third-order valence-electron chi connectivity index (χ3n) is 5.30. The van der Waals surface area contributed by atoms with Gasteiger partial charge in [0, 0.05) is 44.8 Å². The molecular weight excluding hydrogens is 393 g/mol. The number of aromatic nitrogens is 3. The van der Waals surface area contributed by atoms with Gasteiger partial charge in [-0.3, -0.25) is 0 Å². The van der Waals surface area contributed by atoms with Crippen LogP contribution in [0.4, 0.5) is 10.2 Å². The summed E-state index contributed by atoms with van der Waals surface area (Å²) in [6, 6.07) is 8.13. The maximum absolute atomic E-state index is 13.3. The molecule has 0 aliphatic carbocycles. The Hall–Kier alpha value is -2.52. The zero-order valence-corrected chi connectivity index (χ0v) is 17.7. The minimum Gasteiger partial charge on any atom is -0.354 e. The fraction of sp³-hybridized carbons (Fsp3) is 0.400. The Bertz CT molecular complexity index is 1150. The summed E-state index contributed by atoms with van der Waals surface area (Å²) < 4.78 is 40.9. The van der Waals surface area contributed by atoms with Crippen molar-refractivity contribution in [3.63, 3.8) is 0 Å². The molecule has 29 heavy (non-hydrogen) atoms. The molecule has 0 amide bonds. The Morgan fingerprint density at radius 2 is 1.83 bits per heavy atom. The molecule has 3 heterocycles. The lowest BCUT2D eigenvalue weighted by Gasteiger charge is -2.40. The van der Waals surface area contributed by atoms with Crippen LogP contribution in [0.15, 0.2) is 36.5 Å². The lowest BCUT2D eigenvalue weighted by molar-refractivity contribution is 0.479. The first-order valence-electron chi connectivity index (χ1n) is 9.49. The SMILES string of the molecule is CC(C)c1c2cnc(N3CC(S(=O)(=O)N(C)C)C3)cc2nn1-c1ccc(F)cc1. The van der Waals surface area contributed by atoms with E-state index in [0.29, 0.717) is 18.9 Å². The van der Waals surface area contributed by atoms with Gasteiger partial charge >= 0.3 is 0 Å². The van der Waals surface area contributed by atoms with E-state index in [1.54, 1.807) is 32.4 Å². The summed E-state index contributed by atoms with van der Waals surface area (Å²) in [7, 11) is -0.157. The van der Waals surface area contributed by atoms with E-state index in [1.165, 1.54) is 16.4 Å². The quantitative estimate of drug-likeness (QED) is 0.638. The summed E-state index contributed by atoms with van der Waals surface area (Å²) in [5, 5.41) is 5.25. The molecule has 0 radical (unpaired) electrons. The van der Waals surface area contributed by atoms with Gasteiger partial charge in [0.1, 0.15) is 16.9 Å². The second-order valence-electron chi connectivity index (χ2n) is 7.84. The molecule has 0 N–H and O–H groups in total. The van der Waals surface area contributed by atoms with E-state index in [1.807, 2.05) is 15.6 Å². The molecule has 7 nitrogen and oxygen atoms in total. The number of fused-ring (bicyclic) bond motifs is 1.